The standard InChI is InChI=1S/C28H27F3N8O2/c29-28(30,31)19-10-11-33-21(13-19)36-26(40)17-8-6-16(7-9-17)23-22-24(32)34-15-35-25(22)39(37-23)20-5-2-12-38(14-20)27(41)18-3-1-4-18/h6-11,13,15,18,20H,1-5,12,14H2,(H2,32,34,35)(H,33,36,40)/t20-/m1/s1. The first-order valence-electron chi connectivity index (χ1n) is 13.4. The van der Waals surface area contributed by atoms with Gasteiger partial charge >= 0.3 is 6.18 Å². The number of anilines is 2. The van der Waals surface area contributed by atoms with Crippen LogP contribution in [0, 0.1) is 5.92 Å². The summed E-state index contributed by atoms with van der Waals surface area (Å²) in [6.07, 6.45) is 2.50. The molecule has 4 aromatic rings. The van der Waals surface area contributed by atoms with Gasteiger partial charge in [0, 0.05) is 36.3 Å². The topological polar surface area (TPSA) is 132 Å². The number of halogens is 3. The average molecular weight is 565 g/mol. The lowest BCUT2D eigenvalue weighted by Crippen LogP contribution is -2.45. The maximum atomic E-state index is 13.0. The van der Waals surface area contributed by atoms with E-state index in [2.05, 4.69) is 20.3 Å². The van der Waals surface area contributed by atoms with Crippen molar-refractivity contribution < 1.29 is 22.8 Å². The number of alkyl halides is 3. The van der Waals surface area contributed by atoms with Gasteiger partial charge in [-0.1, -0.05) is 18.6 Å². The van der Waals surface area contributed by atoms with Crippen molar-refractivity contribution in [2.75, 3.05) is 24.1 Å². The van der Waals surface area contributed by atoms with Crippen molar-refractivity contribution in [3.05, 3.63) is 60.0 Å². The molecular weight excluding hydrogens is 537 g/mol. The summed E-state index contributed by atoms with van der Waals surface area (Å²) in [4.78, 5) is 40.0. The van der Waals surface area contributed by atoms with E-state index in [9.17, 15) is 22.8 Å². The van der Waals surface area contributed by atoms with Gasteiger partial charge in [0.1, 0.15) is 23.7 Å². The van der Waals surface area contributed by atoms with Crippen molar-refractivity contribution in [1.82, 2.24) is 29.6 Å². The highest BCUT2D eigenvalue weighted by Gasteiger charge is 2.34. The average Bonchev–Trinajstić information content (AvgIpc) is 3.33. The van der Waals surface area contributed by atoms with Crippen LogP contribution in [0.4, 0.5) is 24.8 Å². The molecular formula is C28H27F3N8O2. The van der Waals surface area contributed by atoms with Crippen molar-refractivity contribution in [3.63, 3.8) is 0 Å². The molecule has 3 aromatic heterocycles. The number of nitrogens with one attached hydrogen (secondary N) is 1. The molecule has 1 aromatic carbocycles. The number of fused-ring (bicyclic) bond motifs is 1. The molecule has 0 unspecified atom stereocenters. The van der Waals surface area contributed by atoms with Crippen molar-refractivity contribution in [1.29, 1.82) is 0 Å². The fourth-order valence-corrected chi connectivity index (χ4v) is 5.36. The fourth-order valence-electron chi connectivity index (χ4n) is 5.36. The van der Waals surface area contributed by atoms with E-state index in [1.807, 2.05) is 9.58 Å². The summed E-state index contributed by atoms with van der Waals surface area (Å²) in [5.74, 6) is -0.231. The number of hydrogen-bond acceptors (Lipinski definition) is 7. The number of piperidine rings is 1. The molecule has 1 saturated heterocycles. The summed E-state index contributed by atoms with van der Waals surface area (Å²) >= 11 is 0. The lowest BCUT2D eigenvalue weighted by atomic mass is 9.84. The van der Waals surface area contributed by atoms with E-state index >= 15 is 0 Å². The van der Waals surface area contributed by atoms with Gasteiger partial charge in [-0.2, -0.15) is 18.3 Å². The Morgan fingerprint density at radius 1 is 1.00 bits per heavy atom. The number of nitrogens with zero attached hydrogens (tertiary/aromatic N) is 6. The molecule has 1 saturated carbocycles. The van der Waals surface area contributed by atoms with E-state index in [4.69, 9.17) is 10.8 Å². The number of likely N-dealkylation sites (tertiary alicyclic amines) is 1. The zero-order valence-electron chi connectivity index (χ0n) is 21.9. The minimum atomic E-state index is -4.55. The molecule has 2 amide bonds. The molecule has 0 radical (unpaired) electrons. The van der Waals surface area contributed by atoms with Crippen LogP contribution in [0.3, 0.4) is 0 Å². The molecule has 13 heteroatoms. The van der Waals surface area contributed by atoms with Gasteiger partial charge in [0.25, 0.3) is 5.91 Å². The van der Waals surface area contributed by atoms with Crippen LogP contribution >= 0.6 is 0 Å². The zero-order valence-corrected chi connectivity index (χ0v) is 21.9. The first-order chi connectivity index (χ1) is 19.7. The predicted octanol–water partition coefficient (Wildman–Crippen LogP) is 4.71. The normalized spacial score (nSPS) is 17.8. The smallest absolute Gasteiger partial charge is 0.383 e. The number of pyridine rings is 1. The third-order valence-corrected chi connectivity index (χ3v) is 7.78. The maximum absolute atomic E-state index is 13.0. The summed E-state index contributed by atoms with van der Waals surface area (Å²) < 4.78 is 40.9. The van der Waals surface area contributed by atoms with Crippen molar-refractivity contribution in [3.8, 4) is 11.3 Å². The molecule has 1 aliphatic carbocycles. The van der Waals surface area contributed by atoms with Crippen LogP contribution in [0.2, 0.25) is 0 Å². The molecule has 41 heavy (non-hydrogen) atoms. The van der Waals surface area contributed by atoms with E-state index in [1.54, 1.807) is 24.3 Å². The fraction of sp³-hybridized carbons (Fsp3) is 0.357. The van der Waals surface area contributed by atoms with E-state index in [0.717, 1.165) is 57.0 Å². The summed E-state index contributed by atoms with van der Waals surface area (Å²) in [5.41, 5.74) is 7.33. The molecule has 10 nitrogen and oxygen atoms in total. The molecule has 3 N–H and O–H groups in total. The van der Waals surface area contributed by atoms with Crippen LogP contribution in [0.1, 0.15) is 54.1 Å². The number of rotatable bonds is 5. The molecule has 212 valence electrons. The van der Waals surface area contributed by atoms with Crippen LogP contribution < -0.4 is 11.1 Å². The highest BCUT2D eigenvalue weighted by atomic mass is 19.4. The Balaban J connectivity index is 1.26. The number of carbonyl (C=O) groups is 2. The number of nitrogens with two attached hydrogens (primary N) is 1. The third-order valence-electron chi connectivity index (χ3n) is 7.78. The molecule has 2 fully saturated rings. The minimum absolute atomic E-state index is 0.0802. The Bertz CT molecular complexity index is 1620. The highest BCUT2D eigenvalue weighted by molar-refractivity contribution is 6.04. The van der Waals surface area contributed by atoms with E-state index in [1.165, 1.54) is 6.33 Å². The molecule has 1 aliphatic heterocycles. The van der Waals surface area contributed by atoms with Gasteiger partial charge in [0.05, 0.1) is 17.0 Å². The molecule has 4 heterocycles. The van der Waals surface area contributed by atoms with E-state index in [-0.39, 0.29) is 35.1 Å². The van der Waals surface area contributed by atoms with Crippen LogP contribution in [0.5, 0.6) is 0 Å². The van der Waals surface area contributed by atoms with E-state index < -0.39 is 17.6 Å². The molecule has 0 bridgehead atoms. The highest BCUT2D eigenvalue weighted by Crippen LogP contribution is 2.35. The lowest BCUT2D eigenvalue weighted by Gasteiger charge is -2.37. The lowest BCUT2D eigenvalue weighted by molar-refractivity contribution is -0.140. The Kier molecular flexibility index (Phi) is 6.80. The maximum Gasteiger partial charge on any atom is 0.416 e. The Morgan fingerprint density at radius 2 is 1.78 bits per heavy atom. The molecule has 1 atom stereocenters. The second-order valence-corrected chi connectivity index (χ2v) is 10.4. The number of carbonyl (C=O) groups excluding carboxylic acids is 2. The van der Waals surface area contributed by atoms with Crippen LogP contribution in [-0.4, -0.2) is 54.5 Å². The first-order valence-corrected chi connectivity index (χ1v) is 13.4. The van der Waals surface area contributed by atoms with Crippen LogP contribution in [0.25, 0.3) is 22.3 Å². The van der Waals surface area contributed by atoms with Crippen molar-refractivity contribution in [2.24, 2.45) is 5.92 Å². The van der Waals surface area contributed by atoms with Gasteiger partial charge < -0.3 is 16.0 Å². The van der Waals surface area contributed by atoms with Gasteiger partial charge in [-0.15, -0.1) is 0 Å². The van der Waals surface area contributed by atoms with Gasteiger partial charge in [0.2, 0.25) is 5.91 Å². The first kappa shape index (κ1) is 26.7. The van der Waals surface area contributed by atoms with Gasteiger partial charge in [0.15, 0.2) is 5.65 Å². The summed E-state index contributed by atoms with van der Waals surface area (Å²) in [7, 11) is 0. The van der Waals surface area contributed by atoms with E-state index in [0.29, 0.717) is 28.8 Å². The second-order valence-electron chi connectivity index (χ2n) is 10.4. The Labute approximate surface area is 232 Å². The Hall–Kier alpha value is -4.55. The zero-order chi connectivity index (χ0) is 28.7. The molecule has 6 rings (SSSR count). The number of aromatic nitrogens is 5. The second kappa shape index (κ2) is 10.5. The number of benzene rings is 1. The minimum Gasteiger partial charge on any atom is -0.383 e. The number of hydrogen-bond donors (Lipinski definition) is 2. The number of amides is 2. The SMILES string of the molecule is Nc1ncnc2c1c(-c1ccc(C(=O)Nc3cc(C(F)(F)F)ccn3)cc1)nn2[C@@H]1CCCN(C(=O)C2CCC2)C1. The van der Waals surface area contributed by atoms with Crippen LogP contribution in [-0.2, 0) is 11.0 Å². The predicted molar refractivity (Wildman–Crippen MR) is 145 cm³/mol. The van der Waals surface area contributed by atoms with Crippen LogP contribution in [0.15, 0.2) is 48.9 Å². The third kappa shape index (κ3) is 5.19. The molecule has 0 spiro atoms. The Morgan fingerprint density at radius 3 is 2.49 bits per heavy atom. The largest absolute Gasteiger partial charge is 0.416 e. The quantitative estimate of drug-likeness (QED) is 0.359. The van der Waals surface area contributed by atoms with Gasteiger partial charge in [-0.05, 0) is 49.9 Å². The summed E-state index contributed by atoms with van der Waals surface area (Å²) in [5, 5.41) is 7.84. The van der Waals surface area contributed by atoms with Gasteiger partial charge in [-0.3, -0.25) is 9.59 Å². The monoisotopic (exact) mass is 564 g/mol. The summed E-state index contributed by atoms with van der Waals surface area (Å²) in [6, 6.07) is 7.98. The van der Waals surface area contributed by atoms with Crippen molar-refractivity contribution >= 4 is 34.5 Å². The van der Waals surface area contributed by atoms with Gasteiger partial charge in [-0.25, -0.2) is 19.6 Å². The van der Waals surface area contributed by atoms with Crippen molar-refractivity contribution in [2.45, 2.75) is 44.3 Å². The molecule has 2 aliphatic rings. The summed E-state index contributed by atoms with van der Waals surface area (Å²) in [6.45, 7) is 1.27. The number of nitrogen functional groups attached to an aromatic ring is 1.